The molecule has 0 aliphatic heterocycles. The maximum atomic E-state index is 12.3. The molecular weight excluding hydrogens is 348 g/mol. The first-order valence-electron chi connectivity index (χ1n) is 8.71. The number of nitrogens with one attached hydrogen (secondary N) is 3. The van der Waals surface area contributed by atoms with Crippen molar-refractivity contribution in [2.45, 2.75) is 25.8 Å². The van der Waals surface area contributed by atoms with Crippen molar-refractivity contribution in [3.8, 4) is 5.75 Å². The number of nitrogens with zero attached hydrogens (tertiary/aromatic N) is 1. The number of carbonyl (C=O) groups is 1. The van der Waals surface area contributed by atoms with Crippen LogP contribution < -0.4 is 21.3 Å². The first-order chi connectivity index (χ1) is 12.8. The summed E-state index contributed by atoms with van der Waals surface area (Å²) >= 11 is 0. The fourth-order valence-electron chi connectivity index (χ4n) is 2.98. The molecule has 0 fully saturated rings. The summed E-state index contributed by atoms with van der Waals surface area (Å²) < 4.78 is 5.42. The maximum Gasteiger partial charge on any atom is 0.325 e. The van der Waals surface area contributed by atoms with Crippen LogP contribution in [0.1, 0.15) is 29.3 Å². The number of H-pyrrole nitrogens is 2. The van der Waals surface area contributed by atoms with Gasteiger partial charge in [-0.25, -0.2) is 4.79 Å². The Labute approximate surface area is 157 Å². The summed E-state index contributed by atoms with van der Waals surface area (Å²) in [6.07, 6.45) is 0.410. The Bertz CT molecular complexity index is 901. The Kier molecular flexibility index (Phi) is 6.95. The second kappa shape index (κ2) is 9.18. The standard InChI is InChI=1S/C19H26N4O4/c1-12-13(18(25)22-19(26)21-12)9-10-17(24)20-11-15(23(2)3)14-7-5-6-8-16(14)27-4/h5-8,15H,9-11H2,1-4H3,(H,20,24)(H2,21,22,25,26). The first-order valence-corrected chi connectivity index (χ1v) is 8.71. The highest BCUT2D eigenvalue weighted by atomic mass is 16.5. The minimum Gasteiger partial charge on any atom is -0.496 e. The number of aryl methyl sites for hydroxylation is 1. The fraction of sp³-hybridized carbons (Fsp3) is 0.421. The monoisotopic (exact) mass is 374 g/mol. The van der Waals surface area contributed by atoms with E-state index in [-0.39, 0.29) is 24.8 Å². The van der Waals surface area contributed by atoms with Crippen LogP contribution in [0.2, 0.25) is 0 Å². The average Bonchev–Trinajstić information content (AvgIpc) is 2.61. The van der Waals surface area contributed by atoms with Crippen LogP contribution in [0.5, 0.6) is 5.75 Å². The molecule has 27 heavy (non-hydrogen) atoms. The number of methoxy groups -OCH3 is 1. The highest BCUT2D eigenvalue weighted by Gasteiger charge is 2.19. The van der Waals surface area contributed by atoms with Crippen LogP contribution in [0.3, 0.4) is 0 Å². The summed E-state index contributed by atoms with van der Waals surface area (Å²) in [5.41, 5.74) is 0.883. The lowest BCUT2D eigenvalue weighted by atomic mass is 10.0. The quantitative estimate of drug-likeness (QED) is 0.631. The topological polar surface area (TPSA) is 107 Å². The Morgan fingerprint density at radius 2 is 1.93 bits per heavy atom. The number of hydrogen-bond donors (Lipinski definition) is 3. The van der Waals surface area contributed by atoms with E-state index in [4.69, 9.17) is 4.74 Å². The number of hydrogen-bond acceptors (Lipinski definition) is 5. The lowest BCUT2D eigenvalue weighted by Gasteiger charge is -2.26. The van der Waals surface area contributed by atoms with Crippen LogP contribution in [0.4, 0.5) is 0 Å². The van der Waals surface area contributed by atoms with Gasteiger partial charge in [-0.05, 0) is 33.5 Å². The largest absolute Gasteiger partial charge is 0.496 e. The Morgan fingerprint density at radius 1 is 1.22 bits per heavy atom. The average molecular weight is 374 g/mol. The van der Waals surface area contributed by atoms with Gasteiger partial charge in [0.15, 0.2) is 0 Å². The van der Waals surface area contributed by atoms with E-state index < -0.39 is 11.2 Å². The zero-order valence-corrected chi connectivity index (χ0v) is 16.1. The number of rotatable bonds is 8. The zero-order chi connectivity index (χ0) is 20.0. The maximum absolute atomic E-state index is 12.3. The molecule has 0 bridgehead atoms. The van der Waals surface area contributed by atoms with E-state index in [0.29, 0.717) is 17.8 Å². The van der Waals surface area contributed by atoms with Crippen LogP contribution in [-0.2, 0) is 11.2 Å². The normalized spacial score (nSPS) is 12.0. The van der Waals surface area contributed by atoms with Crippen LogP contribution in [0.25, 0.3) is 0 Å². The molecule has 0 spiro atoms. The second-order valence-corrected chi connectivity index (χ2v) is 6.54. The van der Waals surface area contributed by atoms with Crippen molar-refractivity contribution in [3.05, 3.63) is 61.9 Å². The molecule has 1 amide bonds. The van der Waals surface area contributed by atoms with Gasteiger partial charge in [0, 0.05) is 29.8 Å². The van der Waals surface area contributed by atoms with Gasteiger partial charge in [0.2, 0.25) is 5.91 Å². The number of aromatic amines is 2. The molecule has 2 rings (SSSR count). The third-order valence-corrected chi connectivity index (χ3v) is 4.47. The third-order valence-electron chi connectivity index (χ3n) is 4.47. The SMILES string of the molecule is COc1ccccc1C(CNC(=O)CCc1c(C)[nH]c(=O)[nH]c1=O)N(C)C. The van der Waals surface area contributed by atoms with E-state index in [1.54, 1.807) is 14.0 Å². The van der Waals surface area contributed by atoms with Crippen molar-refractivity contribution in [2.24, 2.45) is 0 Å². The summed E-state index contributed by atoms with van der Waals surface area (Å²) in [4.78, 5) is 42.1. The highest BCUT2D eigenvalue weighted by molar-refractivity contribution is 5.76. The van der Waals surface area contributed by atoms with Crippen molar-refractivity contribution < 1.29 is 9.53 Å². The Morgan fingerprint density at radius 3 is 2.56 bits per heavy atom. The van der Waals surface area contributed by atoms with E-state index in [1.807, 2.05) is 43.3 Å². The molecule has 2 aromatic rings. The van der Waals surface area contributed by atoms with Gasteiger partial charge in [-0.2, -0.15) is 0 Å². The highest BCUT2D eigenvalue weighted by Crippen LogP contribution is 2.27. The molecule has 1 atom stereocenters. The second-order valence-electron chi connectivity index (χ2n) is 6.54. The molecule has 8 nitrogen and oxygen atoms in total. The van der Waals surface area contributed by atoms with Crippen molar-refractivity contribution in [1.82, 2.24) is 20.2 Å². The van der Waals surface area contributed by atoms with Gasteiger partial charge < -0.3 is 19.9 Å². The molecule has 1 aromatic heterocycles. The summed E-state index contributed by atoms with van der Waals surface area (Å²) in [5.74, 6) is 0.600. The molecule has 0 saturated heterocycles. The van der Waals surface area contributed by atoms with E-state index in [9.17, 15) is 14.4 Å². The van der Waals surface area contributed by atoms with Gasteiger partial charge in [0.25, 0.3) is 5.56 Å². The first kappa shape index (κ1) is 20.4. The number of carbonyl (C=O) groups excluding carboxylic acids is 1. The predicted octanol–water partition coefficient (Wildman–Crippen LogP) is 0.732. The van der Waals surface area contributed by atoms with Gasteiger partial charge in [0.05, 0.1) is 13.2 Å². The van der Waals surface area contributed by atoms with E-state index in [0.717, 1.165) is 11.3 Å². The Hall–Kier alpha value is -2.87. The van der Waals surface area contributed by atoms with Crippen LogP contribution in [0.15, 0.2) is 33.9 Å². The fourth-order valence-corrected chi connectivity index (χ4v) is 2.98. The van der Waals surface area contributed by atoms with Crippen molar-refractivity contribution in [1.29, 1.82) is 0 Å². The number of benzene rings is 1. The van der Waals surface area contributed by atoms with Gasteiger partial charge in [-0.15, -0.1) is 0 Å². The molecule has 0 aliphatic carbocycles. The molecule has 0 radical (unpaired) electrons. The molecule has 0 aliphatic rings. The summed E-state index contributed by atoms with van der Waals surface area (Å²) in [5, 5.41) is 2.91. The molecule has 1 unspecified atom stereocenters. The molecule has 1 aromatic carbocycles. The van der Waals surface area contributed by atoms with E-state index in [2.05, 4.69) is 15.3 Å². The minimum absolute atomic E-state index is 0.0525. The van der Waals surface area contributed by atoms with Gasteiger partial charge in [-0.1, -0.05) is 18.2 Å². The number of ether oxygens (including phenoxy) is 1. The third kappa shape index (κ3) is 5.30. The van der Waals surface area contributed by atoms with E-state index in [1.165, 1.54) is 0 Å². The molecule has 146 valence electrons. The molecule has 1 heterocycles. The zero-order valence-electron chi connectivity index (χ0n) is 16.1. The van der Waals surface area contributed by atoms with Gasteiger partial charge in [-0.3, -0.25) is 14.6 Å². The minimum atomic E-state index is -0.545. The Balaban J connectivity index is 2.01. The predicted molar refractivity (Wildman–Crippen MR) is 103 cm³/mol. The molecule has 8 heteroatoms. The summed E-state index contributed by atoms with van der Waals surface area (Å²) in [7, 11) is 5.49. The van der Waals surface area contributed by atoms with Crippen LogP contribution in [-0.4, -0.2) is 48.5 Å². The molecular formula is C19H26N4O4. The van der Waals surface area contributed by atoms with Crippen molar-refractivity contribution in [3.63, 3.8) is 0 Å². The van der Waals surface area contributed by atoms with Gasteiger partial charge >= 0.3 is 5.69 Å². The summed E-state index contributed by atoms with van der Waals surface area (Å²) in [6, 6.07) is 7.64. The number of likely N-dealkylation sites (N-methyl/N-ethyl adjacent to an activating group) is 1. The summed E-state index contributed by atoms with van der Waals surface area (Å²) in [6.45, 7) is 2.06. The lowest BCUT2D eigenvalue weighted by molar-refractivity contribution is -0.121. The molecule has 3 N–H and O–H groups in total. The molecule has 0 saturated carbocycles. The number of amides is 1. The van der Waals surface area contributed by atoms with Crippen LogP contribution >= 0.6 is 0 Å². The lowest BCUT2D eigenvalue weighted by Crippen LogP contribution is -2.35. The van der Waals surface area contributed by atoms with Crippen molar-refractivity contribution >= 4 is 5.91 Å². The van der Waals surface area contributed by atoms with E-state index >= 15 is 0 Å². The van der Waals surface area contributed by atoms with Gasteiger partial charge in [0.1, 0.15) is 5.75 Å². The van der Waals surface area contributed by atoms with Crippen LogP contribution in [0, 0.1) is 6.92 Å². The number of aromatic nitrogens is 2. The number of para-hydroxylation sites is 1. The smallest absolute Gasteiger partial charge is 0.325 e. The van der Waals surface area contributed by atoms with Crippen molar-refractivity contribution in [2.75, 3.05) is 27.7 Å².